The van der Waals surface area contributed by atoms with Crippen molar-refractivity contribution in [2.24, 2.45) is 0 Å². The Bertz CT molecular complexity index is 62.5. The molecule has 0 amide bonds. The van der Waals surface area contributed by atoms with E-state index in [4.69, 9.17) is 0 Å². The average molecular weight is 215 g/mol. The van der Waals surface area contributed by atoms with E-state index >= 15 is 0 Å². The molecule has 1 aliphatic heterocycles. The summed E-state index contributed by atoms with van der Waals surface area (Å²) in [6.07, 6.45) is 1.97. The summed E-state index contributed by atoms with van der Waals surface area (Å²) in [5, 5.41) is 0. The van der Waals surface area contributed by atoms with Crippen LogP contribution in [0.1, 0.15) is 19.8 Å². The van der Waals surface area contributed by atoms with Crippen molar-refractivity contribution < 1.29 is 25.6 Å². The molecule has 0 aliphatic carbocycles. The van der Waals surface area contributed by atoms with Crippen molar-refractivity contribution in [3.05, 3.63) is 0 Å². The Morgan fingerprint density at radius 3 is 2.57 bits per heavy atom. The third-order valence-corrected chi connectivity index (χ3v) is 4.55. The molecule has 1 aliphatic rings. The van der Waals surface area contributed by atoms with E-state index in [9.17, 15) is 4.39 Å². The molecule has 2 heteroatoms. The summed E-state index contributed by atoms with van der Waals surface area (Å²) in [7, 11) is 0. The zero-order valence-electron chi connectivity index (χ0n) is 4.38. The Kier molecular flexibility index (Phi) is 1.55. The predicted molar refractivity (Wildman–Crippen MR) is 23.6 cm³/mol. The fourth-order valence-electron chi connectivity index (χ4n) is 0.708. The molecule has 1 heterocycles. The molecule has 44 valence electrons. The van der Waals surface area contributed by atoms with E-state index < -0.39 is 3.68 Å². The molecule has 0 N–H and O–H groups in total. The van der Waals surface area contributed by atoms with Gasteiger partial charge in [-0.05, 0) is 0 Å². The van der Waals surface area contributed by atoms with E-state index in [2.05, 4.69) is 0 Å². The fourth-order valence-corrected chi connectivity index (χ4v) is 3.36. The minimum absolute atomic E-state index is 0.0708. The molecule has 1 fully saturated rings. The zero-order valence-corrected chi connectivity index (χ0v) is 6.53. The SMILES string of the molecule is CC1(F)CCC[I-]1. The van der Waals surface area contributed by atoms with Crippen molar-refractivity contribution in [1.82, 2.24) is 0 Å². The van der Waals surface area contributed by atoms with Crippen LogP contribution in [0.15, 0.2) is 0 Å². The summed E-state index contributed by atoms with van der Waals surface area (Å²) in [5.41, 5.74) is 0. The third-order valence-electron chi connectivity index (χ3n) is 1.12. The second-order valence-electron chi connectivity index (χ2n) is 2.00. The normalized spacial score (nSPS) is 43.1. The van der Waals surface area contributed by atoms with Gasteiger partial charge in [-0.1, -0.05) is 0 Å². The van der Waals surface area contributed by atoms with Gasteiger partial charge in [0.15, 0.2) is 0 Å². The summed E-state index contributed by atoms with van der Waals surface area (Å²) in [5.74, 6) is 0. The van der Waals surface area contributed by atoms with E-state index in [1.807, 2.05) is 0 Å². The van der Waals surface area contributed by atoms with Gasteiger partial charge in [0.2, 0.25) is 0 Å². The predicted octanol–water partition coefficient (Wildman–Crippen LogP) is -1.45. The fraction of sp³-hybridized carbons (Fsp3) is 1.00. The van der Waals surface area contributed by atoms with Crippen LogP contribution in [-0.4, -0.2) is 8.10 Å². The van der Waals surface area contributed by atoms with E-state index in [1.165, 1.54) is 4.43 Å². The Hall–Kier alpha value is 0.660. The molecule has 0 bridgehead atoms. The zero-order chi connectivity index (χ0) is 5.33. The number of hydrogen-bond donors (Lipinski definition) is 0. The Morgan fingerprint density at radius 2 is 2.43 bits per heavy atom. The van der Waals surface area contributed by atoms with Crippen molar-refractivity contribution in [2.45, 2.75) is 23.4 Å². The second kappa shape index (κ2) is 1.88. The van der Waals surface area contributed by atoms with Crippen molar-refractivity contribution in [3.8, 4) is 0 Å². The Balaban J connectivity index is 2.40. The van der Waals surface area contributed by atoms with Gasteiger partial charge in [0.25, 0.3) is 0 Å². The molecule has 0 radical (unpaired) electrons. The maximum absolute atomic E-state index is 12.7. The summed E-state index contributed by atoms with van der Waals surface area (Å²) in [4.78, 5) is 0. The number of hydrogen-bond acceptors (Lipinski definition) is 0. The van der Waals surface area contributed by atoms with Crippen LogP contribution in [-0.2, 0) is 0 Å². The number of halogens is 2. The van der Waals surface area contributed by atoms with Crippen LogP contribution in [0.4, 0.5) is 4.39 Å². The van der Waals surface area contributed by atoms with E-state index in [-0.39, 0.29) is 21.2 Å². The number of rotatable bonds is 0. The summed E-state index contributed by atoms with van der Waals surface area (Å²) in [6, 6.07) is 0. The Labute approximate surface area is 53.7 Å². The van der Waals surface area contributed by atoms with Gasteiger partial charge in [-0.25, -0.2) is 0 Å². The van der Waals surface area contributed by atoms with Crippen LogP contribution in [0.25, 0.3) is 0 Å². The second-order valence-corrected chi connectivity index (χ2v) is 6.09. The first kappa shape index (κ1) is 5.79. The van der Waals surface area contributed by atoms with E-state index in [0.29, 0.717) is 0 Å². The molecule has 1 rings (SSSR count). The van der Waals surface area contributed by atoms with Crippen LogP contribution in [0.2, 0.25) is 0 Å². The van der Waals surface area contributed by atoms with Gasteiger partial charge in [0.1, 0.15) is 0 Å². The van der Waals surface area contributed by atoms with Crippen molar-refractivity contribution in [3.63, 3.8) is 0 Å². The third kappa shape index (κ3) is 1.55. The van der Waals surface area contributed by atoms with E-state index in [0.717, 1.165) is 12.8 Å². The average Bonchev–Trinajstić information content (AvgIpc) is 1.84. The van der Waals surface area contributed by atoms with Crippen molar-refractivity contribution >= 4 is 0 Å². The molecule has 0 saturated carbocycles. The summed E-state index contributed by atoms with van der Waals surface area (Å²) in [6.45, 7) is 1.74. The number of alkyl halides is 3. The van der Waals surface area contributed by atoms with Crippen molar-refractivity contribution in [2.75, 3.05) is 4.43 Å². The van der Waals surface area contributed by atoms with Gasteiger partial charge in [0, 0.05) is 0 Å². The molecule has 0 spiro atoms. The van der Waals surface area contributed by atoms with Crippen LogP contribution < -0.4 is 21.2 Å². The topological polar surface area (TPSA) is 0 Å². The van der Waals surface area contributed by atoms with Gasteiger partial charge in [0.05, 0.1) is 0 Å². The van der Waals surface area contributed by atoms with Crippen LogP contribution in [0.5, 0.6) is 0 Å². The molecule has 1 saturated heterocycles. The molecule has 1 atom stereocenters. The van der Waals surface area contributed by atoms with Gasteiger partial charge in [-0.15, -0.1) is 0 Å². The van der Waals surface area contributed by atoms with Gasteiger partial charge < -0.3 is 0 Å². The monoisotopic (exact) mass is 215 g/mol. The summed E-state index contributed by atoms with van der Waals surface area (Å²) >= 11 is -0.0708. The minimum atomic E-state index is -0.696. The molecular formula is C5H9FI-. The first-order chi connectivity index (χ1) is 3.21. The molecule has 1 unspecified atom stereocenters. The maximum atomic E-state index is 12.7. The van der Waals surface area contributed by atoms with Crippen LogP contribution in [0, 0.1) is 0 Å². The van der Waals surface area contributed by atoms with Gasteiger partial charge in [-0.2, -0.15) is 0 Å². The van der Waals surface area contributed by atoms with Crippen molar-refractivity contribution in [1.29, 1.82) is 0 Å². The van der Waals surface area contributed by atoms with Gasteiger partial charge in [-0.3, -0.25) is 0 Å². The first-order valence-electron chi connectivity index (χ1n) is 2.50. The molecule has 0 aromatic heterocycles. The van der Waals surface area contributed by atoms with Crippen LogP contribution >= 0.6 is 0 Å². The summed E-state index contributed by atoms with van der Waals surface area (Å²) < 4.78 is 13.2. The standard InChI is InChI=1S/C5H9FI/c1-5(6)3-2-4-7-5/h2-4H2,1H3/q-1. The molecule has 0 aromatic rings. The quantitative estimate of drug-likeness (QED) is 0.343. The molecule has 0 nitrogen and oxygen atoms in total. The van der Waals surface area contributed by atoms with Crippen LogP contribution in [0.3, 0.4) is 0 Å². The molecular weight excluding hydrogens is 206 g/mol. The Morgan fingerprint density at radius 1 is 1.71 bits per heavy atom. The molecule has 7 heavy (non-hydrogen) atoms. The van der Waals surface area contributed by atoms with E-state index in [1.54, 1.807) is 6.92 Å². The molecule has 0 aromatic carbocycles. The first-order valence-corrected chi connectivity index (χ1v) is 5.10. The van der Waals surface area contributed by atoms with Gasteiger partial charge >= 0.3 is 53.5 Å².